The third kappa shape index (κ3) is 2.71. The molecule has 25 heavy (non-hydrogen) atoms. The minimum absolute atomic E-state index is 0.947. The zero-order chi connectivity index (χ0) is 16.6. The van der Waals surface area contributed by atoms with Crippen LogP contribution in [0.3, 0.4) is 0 Å². The van der Waals surface area contributed by atoms with Crippen LogP contribution in [-0.2, 0) is 19.5 Å². The van der Waals surface area contributed by atoms with Gasteiger partial charge in [-0.15, -0.1) is 0 Å². The highest BCUT2D eigenvalue weighted by Gasteiger charge is 2.19. The Morgan fingerprint density at radius 2 is 1.68 bits per heavy atom. The van der Waals surface area contributed by atoms with Gasteiger partial charge in [0, 0.05) is 19.6 Å². The summed E-state index contributed by atoms with van der Waals surface area (Å²) in [4.78, 5) is 7.34. The molecule has 5 rings (SSSR count). The van der Waals surface area contributed by atoms with Gasteiger partial charge in [0.2, 0.25) is 0 Å². The number of imidazole rings is 1. The van der Waals surface area contributed by atoms with Crippen LogP contribution in [0.1, 0.15) is 11.4 Å². The standard InChI is InChI=1S/C22H21N3/c1-2-6-19-15-17(9-10-18(19)5-1)11-12-24-13-14-25-21-8-4-3-7-20(21)23-22(25)16-24/h1-10,15H,11-14,16H2. The summed E-state index contributed by atoms with van der Waals surface area (Å²) < 4.78 is 2.38. The molecule has 0 atom stereocenters. The quantitative estimate of drug-likeness (QED) is 0.561. The van der Waals surface area contributed by atoms with Crippen molar-refractivity contribution < 1.29 is 0 Å². The van der Waals surface area contributed by atoms with Gasteiger partial charge in [0.15, 0.2) is 0 Å². The summed E-state index contributed by atoms with van der Waals surface area (Å²) in [5.41, 5.74) is 3.80. The Morgan fingerprint density at radius 3 is 2.64 bits per heavy atom. The first-order chi connectivity index (χ1) is 12.4. The molecule has 0 spiro atoms. The Kier molecular flexibility index (Phi) is 3.53. The summed E-state index contributed by atoms with van der Waals surface area (Å²) in [5, 5.41) is 2.65. The molecule has 1 aliphatic rings. The number of benzene rings is 3. The molecule has 0 N–H and O–H groups in total. The summed E-state index contributed by atoms with van der Waals surface area (Å²) in [6.07, 6.45) is 1.09. The second kappa shape index (κ2) is 6.01. The van der Waals surface area contributed by atoms with Crippen LogP contribution in [0.4, 0.5) is 0 Å². The SMILES string of the molecule is c1ccc2cc(CCN3CCn4c(nc5ccccc54)C3)ccc2c1. The fourth-order valence-corrected chi connectivity index (χ4v) is 3.89. The largest absolute Gasteiger partial charge is 0.326 e. The molecule has 0 radical (unpaired) electrons. The number of rotatable bonds is 3. The van der Waals surface area contributed by atoms with E-state index in [2.05, 4.69) is 76.2 Å². The van der Waals surface area contributed by atoms with Crippen molar-refractivity contribution in [2.45, 2.75) is 19.5 Å². The lowest BCUT2D eigenvalue weighted by Gasteiger charge is -2.27. The van der Waals surface area contributed by atoms with Gasteiger partial charge in [-0.3, -0.25) is 4.90 Å². The van der Waals surface area contributed by atoms with Gasteiger partial charge in [-0.2, -0.15) is 0 Å². The first kappa shape index (κ1) is 14.7. The first-order valence-electron chi connectivity index (χ1n) is 9.01. The predicted octanol–water partition coefficient (Wildman–Crippen LogP) is 4.25. The fourth-order valence-electron chi connectivity index (χ4n) is 3.89. The van der Waals surface area contributed by atoms with Crippen molar-refractivity contribution in [3.63, 3.8) is 0 Å². The summed E-state index contributed by atoms with van der Waals surface area (Å²) >= 11 is 0. The van der Waals surface area contributed by atoms with Crippen molar-refractivity contribution in [1.82, 2.24) is 14.5 Å². The molecule has 0 saturated carbocycles. The fraction of sp³-hybridized carbons (Fsp3) is 0.227. The molecule has 4 aromatic rings. The molecule has 0 bridgehead atoms. The third-order valence-electron chi connectivity index (χ3n) is 5.27. The second-order valence-electron chi connectivity index (χ2n) is 6.88. The number of fused-ring (bicyclic) bond motifs is 4. The molecule has 0 amide bonds. The monoisotopic (exact) mass is 327 g/mol. The summed E-state index contributed by atoms with van der Waals surface area (Å²) in [6.45, 7) is 4.16. The maximum Gasteiger partial charge on any atom is 0.124 e. The Hall–Kier alpha value is -2.65. The number of hydrogen-bond donors (Lipinski definition) is 0. The van der Waals surface area contributed by atoms with Crippen molar-refractivity contribution in [1.29, 1.82) is 0 Å². The molecule has 3 nitrogen and oxygen atoms in total. The predicted molar refractivity (Wildman–Crippen MR) is 103 cm³/mol. The Balaban J connectivity index is 1.31. The van der Waals surface area contributed by atoms with Crippen LogP contribution < -0.4 is 0 Å². The molecule has 1 aliphatic heterocycles. The lowest BCUT2D eigenvalue weighted by Crippen LogP contribution is -2.35. The van der Waals surface area contributed by atoms with E-state index in [1.165, 1.54) is 27.7 Å². The van der Waals surface area contributed by atoms with Crippen molar-refractivity contribution in [2.24, 2.45) is 0 Å². The van der Waals surface area contributed by atoms with Crippen molar-refractivity contribution >= 4 is 21.8 Å². The van der Waals surface area contributed by atoms with E-state index in [1.807, 2.05) is 0 Å². The maximum atomic E-state index is 4.82. The molecular weight excluding hydrogens is 306 g/mol. The highest BCUT2D eigenvalue weighted by molar-refractivity contribution is 5.83. The number of nitrogens with zero attached hydrogens (tertiary/aromatic N) is 3. The van der Waals surface area contributed by atoms with Gasteiger partial charge in [0.05, 0.1) is 17.6 Å². The van der Waals surface area contributed by atoms with Gasteiger partial charge in [-0.05, 0) is 34.9 Å². The molecule has 2 heterocycles. The zero-order valence-corrected chi connectivity index (χ0v) is 14.2. The molecule has 0 aliphatic carbocycles. The summed E-state index contributed by atoms with van der Waals surface area (Å²) in [6, 6.07) is 23.9. The highest BCUT2D eigenvalue weighted by atomic mass is 15.2. The molecule has 0 unspecified atom stereocenters. The van der Waals surface area contributed by atoms with Gasteiger partial charge < -0.3 is 4.57 Å². The molecule has 3 aromatic carbocycles. The van der Waals surface area contributed by atoms with Crippen molar-refractivity contribution in [3.8, 4) is 0 Å². The zero-order valence-electron chi connectivity index (χ0n) is 14.2. The van der Waals surface area contributed by atoms with E-state index in [-0.39, 0.29) is 0 Å². The van der Waals surface area contributed by atoms with E-state index in [4.69, 9.17) is 4.98 Å². The molecule has 0 fully saturated rings. The van der Waals surface area contributed by atoms with Crippen molar-refractivity contribution in [2.75, 3.05) is 13.1 Å². The van der Waals surface area contributed by atoms with Crippen LogP contribution in [0.2, 0.25) is 0 Å². The Bertz CT molecular complexity index is 1050. The van der Waals surface area contributed by atoms with Crippen LogP contribution in [-0.4, -0.2) is 27.5 Å². The number of para-hydroxylation sites is 2. The van der Waals surface area contributed by atoms with Gasteiger partial charge >= 0.3 is 0 Å². The van der Waals surface area contributed by atoms with Crippen LogP contribution in [0.5, 0.6) is 0 Å². The number of hydrogen-bond acceptors (Lipinski definition) is 2. The average molecular weight is 327 g/mol. The topological polar surface area (TPSA) is 21.1 Å². The Labute approximate surface area is 147 Å². The summed E-state index contributed by atoms with van der Waals surface area (Å²) in [7, 11) is 0. The van der Waals surface area contributed by atoms with Crippen LogP contribution in [0.25, 0.3) is 21.8 Å². The van der Waals surface area contributed by atoms with Gasteiger partial charge in [-0.1, -0.05) is 54.6 Å². The first-order valence-corrected chi connectivity index (χ1v) is 9.01. The Morgan fingerprint density at radius 1 is 0.840 bits per heavy atom. The van der Waals surface area contributed by atoms with E-state index >= 15 is 0 Å². The molecular formula is C22H21N3. The minimum Gasteiger partial charge on any atom is -0.326 e. The van der Waals surface area contributed by atoms with Gasteiger partial charge in [0.25, 0.3) is 0 Å². The molecule has 124 valence electrons. The van der Waals surface area contributed by atoms with Gasteiger partial charge in [0.1, 0.15) is 5.82 Å². The lowest BCUT2D eigenvalue weighted by atomic mass is 10.0. The average Bonchev–Trinajstić information content (AvgIpc) is 3.04. The lowest BCUT2D eigenvalue weighted by molar-refractivity contribution is 0.222. The molecule has 3 heteroatoms. The van der Waals surface area contributed by atoms with Gasteiger partial charge in [-0.25, -0.2) is 4.98 Å². The maximum absolute atomic E-state index is 4.82. The molecule has 1 aromatic heterocycles. The normalized spacial score (nSPS) is 14.9. The second-order valence-corrected chi connectivity index (χ2v) is 6.88. The molecule has 0 saturated heterocycles. The van der Waals surface area contributed by atoms with Crippen molar-refractivity contribution in [3.05, 3.63) is 78.1 Å². The van der Waals surface area contributed by atoms with Crippen LogP contribution in [0, 0.1) is 0 Å². The smallest absolute Gasteiger partial charge is 0.124 e. The van der Waals surface area contributed by atoms with Crippen LogP contribution in [0.15, 0.2) is 66.7 Å². The van der Waals surface area contributed by atoms with E-state index in [1.54, 1.807) is 0 Å². The minimum atomic E-state index is 0.947. The van der Waals surface area contributed by atoms with E-state index < -0.39 is 0 Å². The highest BCUT2D eigenvalue weighted by Crippen LogP contribution is 2.21. The van der Waals surface area contributed by atoms with E-state index in [9.17, 15) is 0 Å². The summed E-state index contributed by atoms with van der Waals surface area (Å²) in [5.74, 6) is 1.20. The van der Waals surface area contributed by atoms with E-state index in [0.29, 0.717) is 0 Å². The number of aromatic nitrogens is 2. The van der Waals surface area contributed by atoms with Crippen LogP contribution >= 0.6 is 0 Å². The third-order valence-corrected chi connectivity index (χ3v) is 5.27. The van der Waals surface area contributed by atoms with E-state index in [0.717, 1.165) is 38.1 Å².